The van der Waals surface area contributed by atoms with Gasteiger partial charge >= 0.3 is 0 Å². The summed E-state index contributed by atoms with van der Waals surface area (Å²) < 4.78 is 0. The Kier molecular flexibility index (Phi) is 6.25. The monoisotopic (exact) mass is 273 g/mol. The summed E-state index contributed by atoms with van der Waals surface area (Å²) in [5.74, 6) is 0.496. The summed E-state index contributed by atoms with van der Waals surface area (Å²) in [7, 11) is 0. The van der Waals surface area contributed by atoms with Crippen LogP contribution in [0.15, 0.2) is 24.3 Å². The lowest BCUT2D eigenvalue weighted by Crippen LogP contribution is -2.32. The highest BCUT2D eigenvalue weighted by Gasteiger charge is 2.25. The molecular weight excluding hydrogens is 246 g/mol. The predicted octanol–water partition coefficient (Wildman–Crippen LogP) is 4.19. The lowest BCUT2D eigenvalue weighted by atomic mass is 9.86. The summed E-state index contributed by atoms with van der Waals surface area (Å²) in [6.45, 7) is 3.94. The van der Waals surface area contributed by atoms with Crippen LogP contribution in [0.5, 0.6) is 0 Å². The van der Waals surface area contributed by atoms with Gasteiger partial charge in [0.15, 0.2) is 0 Å². The number of benzene rings is 1. The van der Waals surface area contributed by atoms with Gasteiger partial charge in [-0.05, 0) is 17.5 Å². The molecule has 0 bridgehead atoms. The average molecular weight is 273 g/mol. The third-order valence-corrected chi connectivity index (χ3v) is 4.26. The lowest BCUT2D eigenvalue weighted by Gasteiger charge is -2.25. The molecule has 0 saturated heterocycles. The highest BCUT2D eigenvalue weighted by molar-refractivity contribution is 5.86. The maximum atomic E-state index is 12.4. The number of Topliss-reactive ketones (excluding diaryl/α,β-unsaturated/α-hetero) is 1. The molecule has 0 aliphatic carbocycles. The van der Waals surface area contributed by atoms with E-state index in [4.69, 9.17) is 0 Å². The third-order valence-electron chi connectivity index (χ3n) is 4.26. The van der Waals surface area contributed by atoms with Crippen molar-refractivity contribution in [2.75, 3.05) is 6.54 Å². The second-order valence-corrected chi connectivity index (χ2v) is 5.87. The highest BCUT2D eigenvalue weighted by atomic mass is 16.1. The fourth-order valence-corrected chi connectivity index (χ4v) is 3.04. The second-order valence-electron chi connectivity index (χ2n) is 5.87. The van der Waals surface area contributed by atoms with Crippen molar-refractivity contribution in [3.8, 4) is 0 Å². The minimum atomic E-state index is 0.0793. The molecular formula is C18H27NO. The number of rotatable bonds is 8. The lowest BCUT2D eigenvalue weighted by molar-refractivity contribution is -0.120. The van der Waals surface area contributed by atoms with Crippen molar-refractivity contribution in [3.63, 3.8) is 0 Å². The van der Waals surface area contributed by atoms with E-state index in [0.29, 0.717) is 5.78 Å². The van der Waals surface area contributed by atoms with Crippen molar-refractivity contribution in [1.29, 1.82) is 0 Å². The van der Waals surface area contributed by atoms with Gasteiger partial charge in [0, 0.05) is 19.5 Å². The van der Waals surface area contributed by atoms with Crippen molar-refractivity contribution in [1.82, 2.24) is 5.32 Å². The Morgan fingerprint density at radius 3 is 2.75 bits per heavy atom. The van der Waals surface area contributed by atoms with Crippen molar-refractivity contribution >= 4 is 5.78 Å². The Labute approximate surface area is 123 Å². The van der Waals surface area contributed by atoms with Gasteiger partial charge in [-0.1, -0.05) is 63.3 Å². The van der Waals surface area contributed by atoms with Gasteiger partial charge in [0.2, 0.25) is 0 Å². The van der Waals surface area contributed by atoms with Crippen LogP contribution in [0.2, 0.25) is 0 Å². The largest absolute Gasteiger partial charge is 0.312 e. The van der Waals surface area contributed by atoms with Crippen LogP contribution in [0, 0.1) is 0 Å². The number of hydrogen-bond acceptors (Lipinski definition) is 2. The molecule has 1 aromatic rings. The summed E-state index contributed by atoms with van der Waals surface area (Å²) in [5, 5.41) is 3.37. The molecule has 1 atom stereocenters. The topological polar surface area (TPSA) is 29.1 Å². The maximum absolute atomic E-state index is 12.4. The van der Waals surface area contributed by atoms with E-state index in [2.05, 4.69) is 36.5 Å². The molecule has 0 aromatic heterocycles. The van der Waals surface area contributed by atoms with Crippen LogP contribution in [0.3, 0.4) is 0 Å². The van der Waals surface area contributed by atoms with E-state index in [1.54, 1.807) is 0 Å². The van der Waals surface area contributed by atoms with Gasteiger partial charge in [0.25, 0.3) is 0 Å². The smallest absolute Gasteiger partial charge is 0.141 e. The first-order chi connectivity index (χ1) is 9.83. The van der Waals surface area contributed by atoms with Crippen LogP contribution >= 0.6 is 0 Å². The fraction of sp³-hybridized carbons (Fsp3) is 0.611. The normalized spacial score (nSPS) is 17.8. The standard InChI is InChI=1S/C18H27NO/c1-2-3-4-5-6-7-12-18(20)17-14-19-13-15-10-8-9-11-16(15)17/h8-11,17,19H,2-7,12-14H2,1H3. The Hall–Kier alpha value is -1.15. The van der Waals surface area contributed by atoms with Crippen molar-refractivity contribution in [3.05, 3.63) is 35.4 Å². The maximum Gasteiger partial charge on any atom is 0.141 e. The van der Waals surface area contributed by atoms with Gasteiger partial charge < -0.3 is 5.32 Å². The van der Waals surface area contributed by atoms with Gasteiger partial charge in [0.05, 0.1) is 5.92 Å². The molecule has 20 heavy (non-hydrogen) atoms. The number of unbranched alkanes of at least 4 members (excludes halogenated alkanes) is 5. The second kappa shape index (κ2) is 8.21. The van der Waals surface area contributed by atoms with Crippen molar-refractivity contribution in [2.24, 2.45) is 0 Å². The van der Waals surface area contributed by atoms with Gasteiger partial charge in [-0.3, -0.25) is 4.79 Å². The van der Waals surface area contributed by atoms with E-state index >= 15 is 0 Å². The van der Waals surface area contributed by atoms with Crippen LogP contribution in [0.4, 0.5) is 0 Å². The Morgan fingerprint density at radius 2 is 1.90 bits per heavy atom. The van der Waals surface area contributed by atoms with Crippen LogP contribution in [0.25, 0.3) is 0 Å². The van der Waals surface area contributed by atoms with Crippen LogP contribution in [-0.2, 0) is 11.3 Å². The highest BCUT2D eigenvalue weighted by Crippen LogP contribution is 2.26. The quantitative estimate of drug-likeness (QED) is 0.719. The van der Waals surface area contributed by atoms with Crippen LogP contribution < -0.4 is 5.32 Å². The summed E-state index contributed by atoms with van der Waals surface area (Å²) in [6, 6.07) is 8.36. The number of nitrogens with one attached hydrogen (secondary N) is 1. The molecule has 1 unspecified atom stereocenters. The molecule has 1 aliphatic heterocycles. The number of fused-ring (bicyclic) bond motifs is 1. The molecule has 0 amide bonds. The molecule has 0 spiro atoms. The molecule has 1 heterocycles. The summed E-state index contributed by atoms with van der Waals surface area (Å²) in [6.07, 6.45) is 8.21. The first kappa shape index (κ1) is 15.2. The van der Waals surface area contributed by atoms with Gasteiger partial charge in [-0.2, -0.15) is 0 Å². The molecule has 2 heteroatoms. The van der Waals surface area contributed by atoms with E-state index in [1.807, 2.05) is 0 Å². The van der Waals surface area contributed by atoms with E-state index in [9.17, 15) is 4.79 Å². The van der Waals surface area contributed by atoms with Crippen molar-refractivity contribution < 1.29 is 4.79 Å². The number of hydrogen-bond donors (Lipinski definition) is 1. The molecule has 0 radical (unpaired) electrons. The number of carbonyl (C=O) groups is 1. The zero-order valence-electron chi connectivity index (χ0n) is 12.7. The molecule has 2 nitrogen and oxygen atoms in total. The molecule has 0 saturated carbocycles. The fourth-order valence-electron chi connectivity index (χ4n) is 3.04. The minimum Gasteiger partial charge on any atom is -0.312 e. The zero-order valence-corrected chi connectivity index (χ0v) is 12.7. The van der Waals surface area contributed by atoms with Crippen LogP contribution in [-0.4, -0.2) is 12.3 Å². The molecule has 1 N–H and O–H groups in total. The van der Waals surface area contributed by atoms with E-state index in [1.165, 1.54) is 43.2 Å². The Balaban J connectivity index is 1.79. The number of carbonyl (C=O) groups excluding carboxylic acids is 1. The van der Waals surface area contributed by atoms with E-state index in [-0.39, 0.29) is 5.92 Å². The predicted molar refractivity (Wildman–Crippen MR) is 83.9 cm³/mol. The SMILES string of the molecule is CCCCCCCCC(=O)C1CNCc2ccccc21. The molecule has 1 aliphatic rings. The summed E-state index contributed by atoms with van der Waals surface area (Å²) in [4.78, 5) is 12.4. The summed E-state index contributed by atoms with van der Waals surface area (Å²) in [5.41, 5.74) is 2.54. The zero-order chi connectivity index (χ0) is 14.2. The number of ketones is 1. The van der Waals surface area contributed by atoms with E-state index in [0.717, 1.165) is 25.9 Å². The van der Waals surface area contributed by atoms with Crippen LogP contribution in [0.1, 0.15) is 68.9 Å². The Morgan fingerprint density at radius 1 is 1.15 bits per heavy atom. The third kappa shape index (κ3) is 4.17. The van der Waals surface area contributed by atoms with Gasteiger partial charge in [0.1, 0.15) is 5.78 Å². The minimum absolute atomic E-state index is 0.0793. The Bertz CT molecular complexity index is 427. The van der Waals surface area contributed by atoms with Gasteiger partial charge in [-0.15, -0.1) is 0 Å². The first-order valence-corrected chi connectivity index (χ1v) is 8.14. The average Bonchev–Trinajstić information content (AvgIpc) is 2.50. The molecule has 0 fully saturated rings. The molecule has 110 valence electrons. The summed E-state index contributed by atoms with van der Waals surface area (Å²) >= 11 is 0. The molecule has 1 aromatic carbocycles. The van der Waals surface area contributed by atoms with Gasteiger partial charge in [-0.25, -0.2) is 0 Å². The first-order valence-electron chi connectivity index (χ1n) is 8.14. The van der Waals surface area contributed by atoms with Crippen molar-refractivity contribution in [2.45, 2.75) is 64.3 Å². The van der Waals surface area contributed by atoms with E-state index < -0.39 is 0 Å². The molecule has 2 rings (SSSR count).